The Morgan fingerprint density at radius 1 is 1.26 bits per heavy atom. The molecule has 2 N–H and O–H groups in total. The number of aliphatic hydroxyl groups is 1. The van der Waals surface area contributed by atoms with Gasteiger partial charge in [0.05, 0.1) is 25.4 Å². The highest BCUT2D eigenvalue weighted by atomic mass is 19.4. The van der Waals surface area contributed by atoms with Crippen LogP contribution < -0.4 is 5.32 Å². The summed E-state index contributed by atoms with van der Waals surface area (Å²) in [5, 5.41) is 11.6. The average molecular weight is 277 g/mol. The van der Waals surface area contributed by atoms with Crippen molar-refractivity contribution in [1.82, 2.24) is 5.32 Å². The van der Waals surface area contributed by atoms with E-state index in [2.05, 4.69) is 5.32 Å². The van der Waals surface area contributed by atoms with E-state index in [-0.39, 0.29) is 19.3 Å². The zero-order valence-corrected chi connectivity index (χ0v) is 10.7. The zero-order chi connectivity index (χ0) is 14.3. The molecule has 0 bridgehead atoms. The van der Waals surface area contributed by atoms with Gasteiger partial charge >= 0.3 is 6.18 Å². The summed E-state index contributed by atoms with van der Waals surface area (Å²) in [5.74, 6) is 0. The minimum absolute atomic E-state index is 0.0130. The van der Waals surface area contributed by atoms with E-state index in [9.17, 15) is 18.3 Å². The molecule has 0 heterocycles. The molecule has 0 amide bonds. The SMILES string of the molecule is CC(OCC(O)CNCC(F)(F)F)c1ccccc1. The molecule has 1 rings (SSSR count). The quantitative estimate of drug-likeness (QED) is 0.803. The van der Waals surface area contributed by atoms with Crippen molar-refractivity contribution < 1.29 is 23.0 Å². The molecule has 0 fully saturated rings. The second-order valence-corrected chi connectivity index (χ2v) is 4.29. The molecule has 0 aliphatic heterocycles. The van der Waals surface area contributed by atoms with Gasteiger partial charge in [-0.05, 0) is 12.5 Å². The number of halogens is 3. The first-order valence-corrected chi connectivity index (χ1v) is 6.00. The maximum absolute atomic E-state index is 11.9. The molecule has 0 aromatic heterocycles. The van der Waals surface area contributed by atoms with E-state index in [0.29, 0.717) is 0 Å². The average Bonchev–Trinajstić information content (AvgIpc) is 2.35. The van der Waals surface area contributed by atoms with Gasteiger partial charge in [0.1, 0.15) is 0 Å². The van der Waals surface area contributed by atoms with Crippen LogP contribution in [0.3, 0.4) is 0 Å². The van der Waals surface area contributed by atoms with E-state index >= 15 is 0 Å². The zero-order valence-electron chi connectivity index (χ0n) is 10.7. The molecule has 19 heavy (non-hydrogen) atoms. The summed E-state index contributed by atoms with van der Waals surface area (Å²) in [6.45, 7) is 0.547. The Hall–Kier alpha value is -1.11. The molecule has 3 nitrogen and oxygen atoms in total. The van der Waals surface area contributed by atoms with E-state index in [1.165, 1.54) is 0 Å². The molecule has 2 atom stereocenters. The topological polar surface area (TPSA) is 41.5 Å². The summed E-state index contributed by atoms with van der Waals surface area (Å²) < 4.78 is 41.0. The minimum Gasteiger partial charge on any atom is -0.389 e. The highest BCUT2D eigenvalue weighted by molar-refractivity contribution is 5.16. The lowest BCUT2D eigenvalue weighted by Crippen LogP contribution is -2.36. The molecule has 0 aliphatic rings. The Balaban J connectivity index is 2.21. The first kappa shape index (κ1) is 15.9. The van der Waals surface area contributed by atoms with Crippen LogP contribution in [-0.2, 0) is 4.74 Å². The van der Waals surface area contributed by atoms with Gasteiger partial charge in [-0.2, -0.15) is 13.2 Å². The lowest BCUT2D eigenvalue weighted by Gasteiger charge is -2.17. The van der Waals surface area contributed by atoms with Gasteiger partial charge in [0, 0.05) is 6.54 Å². The van der Waals surface area contributed by atoms with Crippen molar-refractivity contribution >= 4 is 0 Å². The Bertz CT molecular complexity index is 357. The van der Waals surface area contributed by atoms with E-state index in [1.54, 1.807) is 0 Å². The molecule has 0 radical (unpaired) electrons. The maximum atomic E-state index is 11.9. The Labute approximate surface area is 110 Å². The van der Waals surface area contributed by atoms with Crippen LogP contribution in [0.25, 0.3) is 0 Å². The number of hydrogen-bond acceptors (Lipinski definition) is 3. The van der Waals surface area contributed by atoms with E-state index < -0.39 is 18.8 Å². The standard InChI is InChI=1S/C13H18F3NO2/c1-10(11-5-3-2-4-6-11)19-8-12(18)7-17-9-13(14,15)16/h2-6,10,12,17-18H,7-9H2,1H3. The van der Waals surface area contributed by atoms with Crippen molar-refractivity contribution in [3.63, 3.8) is 0 Å². The Kier molecular flexibility index (Phi) is 6.27. The van der Waals surface area contributed by atoms with Gasteiger partial charge in [-0.15, -0.1) is 0 Å². The summed E-state index contributed by atoms with van der Waals surface area (Å²) >= 11 is 0. The molecule has 2 unspecified atom stereocenters. The Morgan fingerprint density at radius 2 is 1.89 bits per heavy atom. The maximum Gasteiger partial charge on any atom is 0.401 e. The molecule has 6 heteroatoms. The minimum atomic E-state index is -4.27. The van der Waals surface area contributed by atoms with Crippen LogP contribution in [0.15, 0.2) is 30.3 Å². The van der Waals surface area contributed by atoms with Gasteiger partial charge in [0.2, 0.25) is 0 Å². The number of ether oxygens (including phenoxy) is 1. The first-order chi connectivity index (χ1) is 8.88. The lowest BCUT2D eigenvalue weighted by atomic mass is 10.1. The largest absolute Gasteiger partial charge is 0.401 e. The predicted octanol–water partition coefficient (Wildman–Crippen LogP) is 2.28. The van der Waals surface area contributed by atoms with Crippen molar-refractivity contribution in [2.75, 3.05) is 19.7 Å². The second-order valence-electron chi connectivity index (χ2n) is 4.29. The summed E-state index contributed by atoms with van der Waals surface area (Å²) in [4.78, 5) is 0. The van der Waals surface area contributed by atoms with Crippen molar-refractivity contribution in [2.45, 2.75) is 25.3 Å². The van der Waals surface area contributed by atoms with Gasteiger partial charge in [0.15, 0.2) is 0 Å². The number of benzene rings is 1. The molecule has 0 spiro atoms. The molecule has 1 aromatic rings. The fourth-order valence-corrected chi connectivity index (χ4v) is 1.52. The monoisotopic (exact) mass is 277 g/mol. The summed E-state index contributed by atoms with van der Waals surface area (Å²) in [5.41, 5.74) is 0.956. The van der Waals surface area contributed by atoms with Crippen LogP contribution in [0.2, 0.25) is 0 Å². The smallest absolute Gasteiger partial charge is 0.389 e. The van der Waals surface area contributed by atoms with Gasteiger partial charge < -0.3 is 15.2 Å². The molecular formula is C13H18F3NO2. The van der Waals surface area contributed by atoms with Gasteiger partial charge in [0.25, 0.3) is 0 Å². The molecule has 0 saturated heterocycles. The molecule has 108 valence electrons. The van der Waals surface area contributed by atoms with Gasteiger partial charge in [-0.3, -0.25) is 0 Å². The number of alkyl halides is 3. The fourth-order valence-electron chi connectivity index (χ4n) is 1.52. The van der Waals surface area contributed by atoms with Crippen molar-refractivity contribution in [2.24, 2.45) is 0 Å². The number of rotatable bonds is 7. The third-order valence-corrected chi connectivity index (χ3v) is 2.51. The third kappa shape index (κ3) is 7.15. The normalized spacial score (nSPS) is 15.2. The van der Waals surface area contributed by atoms with Crippen molar-refractivity contribution in [1.29, 1.82) is 0 Å². The summed E-state index contributed by atoms with van der Waals surface area (Å²) in [7, 11) is 0. The second kappa shape index (κ2) is 7.47. The van der Waals surface area contributed by atoms with E-state index in [1.807, 2.05) is 37.3 Å². The van der Waals surface area contributed by atoms with Crippen molar-refractivity contribution in [3.8, 4) is 0 Å². The van der Waals surface area contributed by atoms with E-state index in [4.69, 9.17) is 4.74 Å². The van der Waals surface area contributed by atoms with Gasteiger partial charge in [-0.1, -0.05) is 30.3 Å². The van der Waals surface area contributed by atoms with Gasteiger partial charge in [-0.25, -0.2) is 0 Å². The molecule has 0 saturated carbocycles. The Morgan fingerprint density at radius 3 is 2.47 bits per heavy atom. The van der Waals surface area contributed by atoms with Crippen LogP contribution in [-0.4, -0.2) is 37.1 Å². The molecule has 1 aromatic carbocycles. The van der Waals surface area contributed by atoms with Crippen LogP contribution >= 0.6 is 0 Å². The van der Waals surface area contributed by atoms with E-state index in [0.717, 1.165) is 5.56 Å². The van der Waals surface area contributed by atoms with Crippen LogP contribution in [0.5, 0.6) is 0 Å². The fraction of sp³-hybridized carbons (Fsp3) is 0.538. The van der Waals surface area contributed by atoms with Crippen LogP contribution in [0.4, 0.5) is 13.2 Å². The highest BCUT2D eigenvalue weighted by Gasteiger charge is 2.26. The summed E-state index contributed by atoms with van der Waals surface area (Å²) in [6.07, 6.45) is -5.44. The molecular weight excluding hydrogens is 259 g/mol. The van der Waals surface area contributed by atoms with Crippen molar-refractivity contribution in [3.05, 3.63) is 35.9 Å². The van der Waals surface area contributed by atoms with Crippen LogP contribution in [0.1, 0.15) is 18.6 Å². The number of nitrogens with one attached hydrogen (secondary N) is 1. The molecule has 0 aliphatic carbocycles. The highest BCUT2D eigenvalue weighted by Crippen LogP contribution is 2.16. The van der Waals surface area contributed by atoms with Crippen LogP contribution in [0, 0.1) is 0 Å². The third-order valence-electron chi connectivity index (χ3n) is 2.51. The first-order valence-electron chi connectivity index (χ1n) is 6.00. The predicted molar refractivity (Wildman–Crippen MR) is 65.7 cm³/mol. The number of aliphatic hydroxyl groups excluding tert-OH is 1. The lowest BCUT2D eigenvalue weighted by molar-refractivity contribution is -0.126. The number of hydrogen-bond donors (Lipinski definition) is 2. The summed E-state index contributed by atoms with van der Waals surface area (Å²) in [6, 6.07) is 9.40.